The van der Waals surface area contributed by atoms with Gasteiger partial charge in [-0.25, -0.2) is 4.98 Å². The number of methoxy groups -OCH3 is 2. The zero-order valence-electron chi connectivity index (χ0n) is 19.3. The summed E-state index contributed by atoms with van der Waals surface area (Å²) < 4.78 is 21.9. The van der Waals surface area contributed by atoms with Gasteiger partial charge in [-0.1, -0.05) is 6.07 Å². The lowest BCUT2D eigenvalue weighted by Gasteiger charge is -2.16. The molecule has 1 aliphatic heterocycles. The van der Waals surface area contributed by atoms with Crippen LogP contribution in [0.25, 0.3) is 17.1 Å². The third kappa shape index (κ3) is 4.97. The number of fused-ring (bicyclic) bond motifs is 1. The molecule has 2 atom stereocenters. The molecule has 0 bridgehead atoms. The summed E-state index contributed by atoms with van der Waals surface area (Å²) in [5.41, 5.74) is 2.10. The van der Waals surface area contributed by atoms with Gasteiger partial charge in [0.05, 0.1) is 39.7 Å². The maximum absolute atomic E-state index is 12.9. The molecule has 0 aliphatic carbocycles. The Bertz CT molecular complexity index is 1250. The van der Waals surface area contributed by atoms with Gasteiger partial charge in [0.1, 0.15) is 29.1 Å². The Morgan fingerprint density at radius 3 is 2.85 bits per heavy atom. The molecule has 34 heavy (non-hydrogen) atoms. The molecule has 1 aliphatic rings. The highest BCUT2D eigenvalue weighted by atomic mass is 16.5. The van der Waals surface area contributed by atoms with Gasteiger partial charge >= 0.3 is 0 Å². The summed E-state index contributed by atoms with van der Waals surface area (Å²) in [6.45, 7) is 3.07. The summed E-state index contributed by atoms with van der Waals surface area (Å²) in [6.07, 6.45) is 5.72. The Hall–Kier alpha value is -4.03. The van der Waals surface area contributed by atoms with E-state index in [2.05, 4.69) is 15.3 Å². The van der Waals surface area contributed by atoms with Crippen LogP contribution >= 0.6 is 0 Å². The third-order valence-electron chi connectivity index (χ3n) is 5.65. The summed E-state index contributed by atoms with van der Waals surface area (Å²) in [7, 11) is 3.11. The molecule has 9 nitrogen and oxygen atoms in total. The number of carbonyl (C=O) groups excluding carboxylic acids is 1. The molecular weight excluding hydrogens is 436 g/mol. The van der Waals surface area contributed by atoms with Crippen LogP contribution in [0.5, 0.6) is 17.2 Å². The van der Waals surface area contributed by atoms with Gasteiger partial charge in [-0.2, -0.15) is 5.26 Å². The molecular formula is C25H26N4O5. The van der Waals surface area contributed by atoms with E-state index in [4.69, 9.17) is 18.9 Å². The van der Waals surface area contributed by atoms with Crippen molar-refractivity contribution in [2.24, 2.45) is 0 Å². The van der Waals surface area contributed by atoms with Crippen molar-refractivity contribution in [2.45, 2.75) is 25.5 Å². The Kier molecular flexibility index (Phi) is 6.99. The number of benzene rings is 1. The molecule has 0 radical (unpaired) electrons. The van der Waals surface area contributed by atoms with Crippen molar-refractivity contribution >= 4 is 23.0 Å². The highest BCUT2D eigenvalue weighted by Gasteiger charge is 2.19. The van der Waals surface area contributed by atoms with Gasteiger partial charge in [-0.3, -0.25) is 4.79 Å². The molecule has 1 amide bonds. The fourth-order valence-corrected chi connectivity index (χ4v) is 3.77. The second-order valence-electron chi connectivity index (χ2n) is 7.89. The van der Waals surface area contributed by atoms with Crippen LogP contribution < -0.4 is 19.5 Å². The number of ether oxygens (including phenoxy) is 4. The van der Waals surface area contributed by atoms with E-state index in [1.54, 1.807) is 44.8 Å². The van der Waals surface area contributed by atoms with Crippen LogP contribution in [0.15, 0.2) is 42.2 Å². The number of H-pyrrole nitrogens is 1. The van der Waals surface area contributed by atoms with Crippen LogP contribution in [0.1, 0.15) is 30.5 Å². The molecule has 0 saturated carbocycles. The van der Waals surface area contributed by atoms with E-state index in [-0.39, 0.29) is 17.7 Å². The smallest absolute Gasteiger partial charge is 0.262 e. The molecule has 4 rings (SSSR count). The van der Waals surface area contributed by atoms with E-state index < -0.39 is 5.91 Å². The van der Waals surface area contributed by atoms with Gasteiger partial charge in [0.2, 0.25) is 0 Å². The molecule has 2 aromatic heterocycles. The van der Waals surface area contributed by atoms with Crippen LogP contribution in [0, 0.1) is 11.3 Å². The number of nitriles is 1. The van der Waals surface area contributed by atoms with Crippen molar-refractivity contribution in [2.75, 3.05) is 27.4 Å². The van der Waals surface area contributed by atoms with Crippen molar-refractivity contribution in [3.8, 4) is 23.3 Å². The minimum atomic E-state index is -0.484. The SMILES string of the molecule is COc1ccc([C@@H](C)NC(=O)/C(C#N)=C/c2c[nH]c3ncc(O[C@@H]4CCOC4)cc23)cc1OC. The average Bonchev–Trinajstić information content (AvgIpc) is 3.51. The minimum absolute atomic E-state index is 0.00398. The van der Waals surface area contributed by atoms with E-state index in [1.165, 1.54) is 0 Å². The van der Waals surface area contributed by atoms with Crippen LogP contribution in [0.3, 0.4) is 0 Å². The van der Waals surface area contributed by atoms with Crippen molar-refractivity contribution in [1.29, 1.82) is 5.26 Å². The van der Waals surface area contributed by atoms with E-state index in [0.717, 1.165) is 17.4 Å². The number of nitrogens with zero attached hydrogens (tertiary/aromatic N) is 2. The fraction of sp³-hybridized carbons (Fsp3) is 0.320. The Labute approximate surface area is 197 Å². The van der Waals surface area contributed by atoms with Crippen molar-refractivity contribution < 1.29 is 23.7 Å². The highest BCUT2D eigenvalue weighted by molar-refractivity contribution is 6.03. The molecule has 1 saturated heterocycles. The molecule has 0 unspecified atom stereocenters. The van der Waals surface area contributed by atoms with Gasteiger partial charge in [-0.15, -0.1) is 0 Å². The number of hydrogen-bond donors (Lipinski definition) is 2. The number of carbonyl (C=O) groups is 1. The first-order valence-electron chi connectivity index (χ1n) is 10.9. The summed E-state index contributed by atoms with van der Waals surface area (Å²) in [4.78, 5) is 20.3. The number of hydrogen-bond acceptors (Lipinski definition) is 7. The van der Waals surface area contributed by atoms with Gasteiger partial charge in [-0.05, 0) is 36.8 Å². The van der Waals surface area contributed by atoms with Crippen LogP contribution in [-0.2, 0) is 9.53 Å². The summed E-state index contributed by atoms with van der Waals surface area (Å²) in [5.74, 6) is 1.29. The van der Waals surface area contributed by atoms with E-state index in [0.29, 0.717) is 41.7 Å². The first-order valence-corrected chi connectivity index (χ1v) is 10.9. The monoisotopic (exact) mass is 462 g/mol. The number of aromatic nitrogens is 2. The maximum Gasteiger partial charge on any atom is 0.262 e. The first kappa shape index (κ1) is 23.1. The van der Waals surface area contributed by atoms with Crippen molar-refractivity contribution in [1.82, 2.24) is 15.3 Å². The van der Waals surface area contributed by atoms with Gasteiger partial charge in [0.15, 0.2) is 11.5 Å². The third-order valence-corrected chi connectivity index (χ3v) is 5.65. The topological polar surface area (TPSA) is 118 Å². The van der Waals surface area contributed by atoms with Crippen molar-refractivity contribution in [3.63, 3.8) is 0 Å². The summed E-state index contributed by atoms with van der Waals surface area (Å²) in [6, 6.07) is 8.89. The van der Waals surface area contributed by atoms with Crippen LogP contribution in [-0.4, -0.2) is 49.4 Å². The Balaban J connectivity index is 1.53. The van der Waals surface area contributed by atoms with Gasteiger partial charge in [0.25, 0.3) is 5.91 Å². The van der Waals surface area contributed by atoms with E-state index in [1.807, 2.05) is 25.1 Å². The van der Waals surface area contributed by atoms with Gasteiger partial charge < -0.3 is 29.2 Å². The lowest BCUT2D eigenvalue weighted by atomic mass is 10.1. The molecule has 3 heterocycles. The van der Waals surface area contributed by atoms with Gasteiger partial charge in [0, 0.05) is 23.6 Å². The molecule has 1 aromatic carbocycles. The predicted octanol–water partition coefficient (Wildman–Crippen LogP) is 3.53. The number of aromatic amines is 1. The number of pyridine rings is 1. The summed E-state index contributed by atoms with van der Waals surface area (Å²) >= 11 is 0. The van der Waals surface area contributed by atoms with E-state index >= 15 is 0 Å². The quantitative estimate of drug-likeness (QED) is 0.388. The average molecular weight is 463 g/mol. The van der Waals surface area contributed by atoms with Crippen molar-refractivity contribution in [3.05, 3.63) is 53.4 Å². The van der Waals surface area contributed by atoms with Crippen LogP contribution in [0.2, 0.25) is 0 Å². The molecule has 2 N–H and O–H groups in total. The lowest BCUT2D eigenvalue weighted by Crippen LogP contribution is -2.27. The Morgan fingerprint density at radius 1 is 1.32 bits per heavy atom. The molecule has 9 heteroatoms. The number of rotatable bonds is 8. The fourth-order valence-electron chi connectivity index (χ4n) is 3.77. The zero-order valence-corrected chi connectivity index (χ0v) is 19.3. The Morgan fingerprint density at radius 2 is 2.15 bits per heavy atom. The summed E-state index contributed by atoms with van der Waals surface area (Å²) in [5, 5.41) is 13.3. The molecule has 176 valence electrons. The normalized spacial score (nSPS) is 16.6. The van der Waals surface area contributed by atoms with E-state index in [9.17, 15) is 10.1 Å². The second-order valence-corrected chi connectivity index (χ2v) is 7.89. The second kappa shape index (κ2) is 10.3. The van der Waals surface area contributed by atoms with Crippen LogP contribution in [0.4, 0.5) is 0 Å². The largest absolute Gasteiger partial charge is 0.493 e. The predicted molar refractivity (Wildman–Crippen MR) is 126 cm³/mol. The molecule has 0 spiro atoms. The first-order chi connectivity index (χ1) is 16.5. The lowest BCUT2D eigenvalue weighted by molar-refractivity contribution is -0.117. The number of amides is 1. The maximum atomic E-state index is 12.9. The number of nitrogens with one attached hydrogen (secondary N) is 2. The standard InChI is InChI=1S/C25H26N4O5/c1-15(16-4-5-22(31-2)23(9-16)32-3)29-25(30)17(11-26)8-18-12-27-24-21(18)10-20(13-28-24)34-19-6-7-33-14-19/h4-5,8-10,12-13,15,19H,6-7,14H2,1-3H3,(H,27,28)(H,29,30)/b17-8+/t15-,19-/m1/s1. The molecule has 1 fully saturated rings. The highest BCUT2D eigenvalue weighted by Crippen LogP contribution is 2.30. The molecule has 3 aromatic rings. The zero-order chi connectivity index (χ0) is 24.1. The minimum Gasteiger partial charge on any atom is -0.493 e.